The van der Waals surface area contributed by atoms with Crippen molar-refractivity contribution in [1.82, 2.24) is 0 Å². The van der Waals surface area contributed by atoms with Gasteiger partial charge in [0, 0.05) is 21.5 Å². The Morgan fingerprint density at radius 3 is 2.75 bits per heavy atom. The first kappa shape index (κ1) is 17.0. The van der Waals surface area contributed by atoms with E-state index in [4.69, 9.17) is 5.73 Å². The van der Waals surface area contributed by atoms with Crippen LogP contribution in [0.5, 0.6) is 0 Å². The van der Waals surface area contributed by atoms with Gasteiger partial charge in [-0.2, -0.15) is 0 Å². The fourth-order valence-corrected chi connectivity index (χ4v) is 3.87. The zero-order valence-corrected chi connectivity index (χ0v) is 15.7. The lowest BCUT2D eigenvalue weighted by atomic mass is 9.89. The molecule has 4 nitrogen and oxygen atoms in total. The van der Waals surface area contributed by atoms with E-state index in [1.54, 1.807) is 23.9 Å². The maximum absolute atomic E-state index is 12.4. The predicted molar refractivity (Wildman–Crippen MR) is 105 cm³/mol. The summed E-state index contributed by atoms with van der Waals surface area (Å²) in [7, 11) is 0. The topological polar surface area (TPSA) is 67.5 Å². The first-order chi connectivity index (χ1) is 11.5. The molecule has 0 aromatic heterocycles. The zero-order chi connectivity index (χ0) is 17.2. The van der Waals surface area contributed by atoms with Crippen LogP contribution in [-0.4, -0.2) is 16.8 Å². The minimum absolute atomic E-state index is 0.132. The number of amidine groups is 1. The van der Waals surface area contributed by atoms with E-state index in [2.05, 4.69) is 33.2 Å². The van der Waals surface area contributed by atoms with Crippen molar-refractivity contribution in [2.75, 3.05) is 11.1 Å². The number of hydrogen-bond acceptors (Lipinski definition) is 4. The van der Waals surface area contributed by atoms with Crippen LogP contribution in [-0.2, 0) is 5.54 Å². The SMILES string of the molecule is CC1(c2cccc(NC(=O)c3ccc(Br)cc3)c2)CCSC(N)=N1. The van der Waals surface area contributed by atoms with Crippen molar-refractivity contribution < 1.29 is 4.79 Å². The summed E-state index contributed by atoms with van der Waals surface area (Å²) in [5.74, 6) is 0.813. The molecule has 6 heteroatoms. The number of anilines is 1. The quantitative estimate of drug-likeness (QED) is 0.799. The number of halogens is 1. The number of aliphatic imine (C=N–C) groups is 1. The molecule has 1 amide bonds. The van der Waals surface area contributed by atoms with Crippen LogP contribution in [0.25, 0.3) is 0 Å². The monoisotopic (exact) mass is 403 g/mol. The fraction of sp³-hybridized carbons (Fsp3) is 0.222. The molecule has 1 aliphatic heterocycles. The van der Waals surface area contributed by atoms with E-state index in [1.807, 2.05) is 36.4 Å². The molecule has 1 unspecified atom stereocenters. The van der Waals surface area contributed by atoms with Crippen molar-refractivity contribution in [2.24, 2.45) is 10.7 Å². The van der Waals surface area contributed by atoms with Gasteiger partial charge < -0.3 is 11.1 Å². The second-order valence-corrected chi connectivity index (χ2v) is 7.90. The van der Waals surface area contributed by atoms with E-state index in [-0.39, 0.29) is 11.4 Å². The number of benzene rings is 2. The Bertz CT molecular complexity index is 791. The van der Waals surface area contributed by atoms with E-state index < -0.39 is 0 Å². The number of carbonyl (C=O) groups is 1. The number of nitrogens with zero attached hydrogens (tertiary/aromatic N) is 1. The maximum atomic E-state index is 12.4. The highest BCUT2D eigenvalue weighted by molar-refractivity contribution is 9.10. The normalized spacial score (nSPS) is 20.3. The van der Waals surface area contributed by atoms with Gasteiger partial charge in [-0.1, -0.05) is 39.8 Å². The molecule has 2 aromatic rings. The highest BCUT2D eigenvalue weighted by Gasteiger charge is 2.29. The molecule has 0 bridgehead atoms. The number of thioether (sulfide) groups is 1. The Morgan fingerprint density at radius 1 is 1.29 bits per heavy atom. The number of rotatable bonds is 3. The predicted octanol–water partition coefficient (Wildman–Crippen LogP) is 4.37. The molecule has 0 saturated carbocycles. The lowest BCUT2D eigenvalue weighted by molar-refractivity contribution is 0.102. The zero-order valence-electron chi connectivity index (χ0n) is 13.3. The summed E-state index contributed by atoms with van der Waals surface area (Å²) in [5, 5.41) is 3.56. The molecule has 0 spiro atoms. The Labute approximate surface area is 154 Å². The number of carbonyl (C=O) groups excluding carboxylic acids is 1. The van der Waals surface area contributed by atoms with Gasteiger partial charge in [-0.25, -0.2) is 0 Å². The van der Waals surface area contributed by atoms with Crippen molar-refractivity contribution >= 4 is 44.5 Å². The molecule has 0 saturated heterocycles. The first-order valence-corrected chi connectivity index (χ1v) is 9.40. The van der Waals surface area contributed by atoms with Gasteiger partial charge in [0.2, 0.25) is 0 Å². The summed E-state index contributed by atoms with van der Waals surface area (Å²) in [6, 6.07) is 15.1. The van der Waals surface area contributed by atoms with Crippen LogP contribution in [0.15, 0.2) is 58.0 Å². The summed E-state index contributed by atoms with van der Waals surface area (Å²) in [5.41, 5.74) is 7.98. The molecule has 1 atom stereocenters. The summed E-state index contributed by atoms with van der Waals surface area (Å²) in [6.07, 6.45) is 0.919. The Morgan fingerprint density at radius 2 is 2.04 bits per heavy atom. The summed E-state index contributed by atoms with van der Waals surface area (Å²) >= 11 is 4.95. The van der Waals surface area contributed by atoms with Crippen molar-refractivity contribution in [3.8, 4) is 0 Å². The smallest absolute Gasteiger partial charge is 0.255 e. The van der Waals surface area contributed by atoms with Crippen LogP contribution in [0, 0.1) is 0 Å². The van der Waals surface area contributed by atoms with Crippen LogP contribution in [0.2, 0.25) is 0 Å². The van der Waals surface area contributed by atoms with Crippen molar-refractivity contribution in [2.45, 2.75) is 18.9 Å². The first-order valence-electron chi connectivity index (χ1n) is 7.62. The van der Waals surface area contributed by atoms with Gasteiger partial charge in [0.05, 0.1) is 5.54 Å². The molecule has 0 fully saturated rings. The van der Waals surface area contributed by atoms with Crippen LogP contribution in [0.3, 0.4) is 0 Å². The molecule has 24 heavy (non-hydrogen) atoms. The number of nitrogens with one attached hydrogen (secondary N) is 1. The number of hydrogen-bond donors (Lipinski definition) is 2. The highest BCUT2D eigenvalue weighted by atomic mass is 79.9. The van der Waals surface area contributed by atoms with Crippen molar-refractivity contribution in [3.05, 3.63) is 64.1 Å². The average molecular weight is 404 g/mol. The van der Waals surface area contributed by atoms with Gasteiger partial charge in [0.15, 0.2) is 5.17 Å². The van der Waals surface area contributed by atoms with E-state index in [0.29, 0.717) is 10.7 Å². The lowest BCUT2D eigenvalue weighted by Gasteiger charge is -2.30. The summed E-state index contributed by atoms with van der Waals surface area (Å²) in [4.78, 5) is 17.0. The van der Waals surface area contributed by atoms with Gasteiger partial charge in [-0.05, 0) is 55.3 Å². The van der Waals surface area contributed by atoms with Gasteiger partial charge in [0.1, 0.15) is 0 Å². The molecule has 3 rings (SSSR count). The molecular formula is C18H18BrN3OS. The summed E-state index contributed by atoms with van der Waals surface area (Å²) in [6.45, 7) is 2.08. The van der Waals surface area contributed by atoms with Gasteiger partial charge in [-0.3, -0.25) is 9.79 Å². The molecule has 0 aliphatic carbocycles. The minimum Gasteiger partial charge on any atom is -0.379 e. The van der Waals surface area contributed by atoms with E-state index in [0.717, 1.165) is 27.9 Å². The Hall–Kier alpha value is -1.79. The summed E-state index contributed by atoms with van der Waals surface area (Å²) < 4.78 is 0.944. The van der Waals surface area contributed by atoms with Crippen molar-refractivity contribution in [3.63, 3.8) is 0 Å². The van der Waals surface area contributed by atoms with E-state index in [9.17, 15) is 4.79 Å². The van der Waals surface area contributed by atoms with Gasteiger partial charge in [0.25, 0.3) is 5.91 Å². The third kappa shape index (κ3) is 3.82. The molecular weight excluding hydrogens is 386 g/mol. The standard InChI is InChI=1S/C18H18BrN3OS/c1-18(9-10-24-17(20)22-18)13-3-2-4-15(11-13)21-16(23)12-5-7-14(19)8-6-12/h2-8,11H,9-10H2,1H3,(H2,20,22)(H,21,23). The van der Waals surface area contributed by atoms with Crippen molar-refractivity contribution in [1.29, 1.82) is 0 Å². The van der Waals surface area contributed by atoms with E-state index >= 15 is 0 Å². The third-order valence-electron chi connectivity index (χ3n) is 4.04. The maximum Gasteiger partial charge on any atom is 0.255 e. The van der Waals surface area contributed by atoms with Crippen LogP contribution < -0.4 is 11.1 Å². The minimum atomic E-state index is -0.340. The fourth-order valence-electron chi connectivity index (χ4n) is 2.63. The van der Waals surface area contributed by atoms with Gasteiger partial charge in [-0.15, -0.1) is 0 Å². The van der Waals surface area contributed by atoms with Crippen LogP contribution >= 0.6 is 27.7 Å². The lowest BCUT2D eigenvalue weighted by Crippen LogP contribution is -2.28. The van der Waals surface area contributed by atoms with Crippen LogP contribution in [0.4, 0.5) is 5.69 Å². The molecule has 1 aliphatic rings. The molecule has 0 radical (unpaired) electrons. The number of nitrogens with two attached hydrogens (primary N) is 1. The average Bonchev–Trinajstić information content (AvgIpc) is 2.55. The number of amides is 1. The largest absolute Gasteiger partial charge is 0.379 e. The van der Waals surface area contributed by atoms with Gasteiger partial charge >= 0.3 is 0 Å². The molecule has 124 valence electrons. The van der Waals surface area contributed by atoms with E-state index in [1.165, 1.54) is 0 Å². The third-order valence-corrected chi connectivity index (χ3v) is 5.37. The second-order valence-electron chi connectivity index (χ2n) is 5.86. The molecule has 2 aromatic carbocycles. The Kier molecular flexibility index (Phi) is 4.96. The molecule has 3 N–H and O–H groups in total. The highest BCUT2D eigenvalue weighted by Crippen LogP contribution is 2.35. The molecule has 1 heterocycles. The second kappa shape index (κ2) is 6.99. The van der Waals surface area contributed by atoms with Crippen LogP contribution in [0.1, 0.15) is 29.3 Å². The Balaban J connectivity index is 1.82.